The first kappa shape index (κ1) is 9.51. The number of nitro groups is 1. The number of benzene rings is 1. The normalized spacial score (nSPS) is 9.69. The Labute approximate surface area is 76.7 Å². The molecule has 0 aliphatic carbocycles. The number of nitro benzene ring substituents is 1. The van der Waals surface area contributed by atoms with Crippen molar-refractivity contribution in [1.82, 2.24) is 0 Å². The molecule has 0 aromatic heterocycles. The van der Waals surface area contributed by atoms with Crippen LogP contribution in [0.3, 0.4) is 0 Å². The van der Waals surface area contributed by atoms with E-state index >= 15 is 0 Å². The van der Waals surface area contributed by atoms with Gasteiger partial charge in [0.15, 0.2) is 0 Å². The molecule has 0 atom stereocenters. The predicted octanol–water partition coefficient (Wildman–Crippen LogP) is 2.20. The summed E-state index contributed by atoms with van der Waals surface area (Å²) >= 11 is 0. The van der Waals surface area contributed by atoms with Crippen LogP contribution in [0.4, 0.5) is 11.4 Å². The van der Waals surface area contributed by atoms with Crippen LogP contribution in [-0.2, 0) is 6.42 Å². The average molecular weight is 180 g/mol. The summed E-state index contributed by atoms with van der Waals surface area (Å²) in [7, 11) is 1.79. The zero-order valence-electron chi connectivity index (χ0n) is 7.70. The second-order valence-corrected chi connectivity index (χ2v) is 2.70. The summed E-state index contributed by atoms with van der Waals surface area (Å²) in [5.74, 6) is 0. The molecule has 1 aromatic carbocycles. The molecule has 1 N–H and O–H groups in total. The Morgan fingerprint density at radius 1 is 1.54 bits per heavy atom. The summed E-state index contributed by atoms with van der Waals surface area (Å²) in [6, 6.07) is 5.04. The lowest BCUT2D eigenvalue weighted by atomic mass is 10.1. The SMILES string of the molecule is CCc1cc(NC)ccc1[N+](=O)[O-]. The molecule has 0 spiro atoms. The molecule has 4 nitrogen and oxygen atoms in total. The summed E-state index contributed by atoms with van der Waals surface area (Å²) in [5.41, 5.74) is 1.86. The van der Waals surface area contributed by atoms with Crippen molar-refractivity contribution in [1.29, 1.82) is 0 Å². The van der Waals surface area contributed by atoms with E-state index in [0.29, 0.717) is 6.42 Å². The molecule has 0 aliphatic rings. The highest BCUT2D eigenvalue weighted by Crippen LogP contribution is 2.22. The van der Waals surface area contributed by atoms with Crippen molar-refractivity contribution in [3.63, 3.8) is 0 Å². The largest absolute Gasteiger partial charge is 0.388 e. The van der Waals surface area contributed by atoms with E-state index in [0.717, 1.165) is 11.3 Å². The molecule has 0 radical (unpaired) electrons. The third-order valence-electron chi connectivity index (χ3n) is 1.95. The van der Waals surface area contributed by atoms with Crippen molar-refractivity contribution in [3.8, 4) is 0 Å². The van der Waals surface area contributed by atoms with Crippen LogP contribution in [0, 0.1) is 10.1 Å². The van der Waals surface area contributed by atoms with Gasteiger partial charge in [0.25, 0.3) is 5.69 Å². The summed E-state index contributed by atoms with van der Waals surface area (Å²) in [6.07, 6.45) is 0.672. The molecule has 0 saturated carbocycles. The van der Waals surface area contributed by atoms with Crippen LogP contribution < -0.4 is 5.32 Å². The van der Waals surface area contributed by atoms with Gasteiger partial charge in [-0.3, -0.25) is 10.1 Å². The molecule has 0 unspecified atom stereocenters. The number of aryl methyl sites for hydroxylation is 1. The van der Waals surface area contributed by atoms with Crippen molar-refractivity contribution < 1.29 is 4.92 Å². The molecule has 13 heavy (non-hydrogen) atoms. The lowest BCUT2D eigenvalue weighted by Crippen LogP contribution is -1.96. The number of nitrogens with one attached hydrogen (secondary N) is 1. The Bertz CT molecular complexity index is 323. The van der Waals surface area contributed by atoms with Gasteiger partial charge in [0, 0.05) is 24.4 Å². The molecule has 70 valence electrons. The van der Waals surface area contributed by atoms with Gasteiger partial charge in [-0.1, -0.05) is 6.92 Å². The predicted molar refractivity (Wildman–Crippen MR) is 52.0 cm³/mol. The quantitative estimate of drug-likeness (QED) is 0.573. The monoisotopic (exact) mass is 180 g/mol. The van der Waals surface area contributed by atoms with Gasteiger partial charge in [0.1, 0.15) is 0 Å². The number of hydrogen-bond donors (Lipinski definition) is 1. The van der Waals surface area contributed by atoms with Crippen molar-refractivity contribution in [2.45, 2.75) is 13.3 Å². The smallest absolute Gasteiger partial charge is 0.272 e. The van der Waals surface area contributed by atoms with Crippen LogP contribution in [0.2, 0.25) is 0 Å². The number of nitrogens with zero attached hydrogens (tertiary/aromatic N) is 1. The first-order chi connectivity index (χ1) is 6.19. The van der Waals surface area contributed by atoms with Crippen LogP contribution in [0.1, 0.15) is 12.5 Å². The first-order valence-electron chi connectivity index (χ1n) is 4.14. The fourth-order valence-electron chi connectivity index (χ4n) is 1.20. The number of hydrogen-bond acceptors (Lipinski definition) is 3. The van der Waals surface area contributed by atoms with E-state index in [1.165, 1.54) is 6.07 Å². The fraction of sp³-hybridized carbons (Fsp3) is 0.333. The Morgan fingerprint density at radius 2 is 2.23 bits per heavy atom. The molecule has 0 fully saturated rings. The minimum Gasteiger partial charge on any atom is -0.388 e. The summed E-state index contributed by atoms with van der Waals surface area (Å²) in [4.78, 5) is 10.2. The van der Waals surface area contributed by atoms with Gasteiger partial charge < -0.3 is 5.32 Å². The molecular formula is C9H12N2O2. The van der Waals surface area contributed by atoms with Gasteiger partial charge in [-0.15, -0.1) is 0 Å². The van der Waals surface area contributed by atoms with E-state index in [1.54, 1.807) is 19.2 Å². The minimum absolute atomic E-state index is 0.196. The molecule has 0 aliphatic heterocycles. The Balaban J connectivity index is 3.15. The third-order valence-corrected chi connectivity index (χ3v) is 1.95. The lowest BCUT2D eigenvalue weighted by molar-refractivity contribution is -0.385. The van der Waals surface area contributed by atoms with Crippen LogP contribution in [-0.4, -0.2) is 12.0 Å². The highest BCUT2D eigenvalue weighted by atomic mass is 16.6. The van der Waals surface area contributed by atoms with Gasteiger partial charge in [-0.05, 0) is 18.6 Å². The topological polar surface area (TPSA) is 55.2 Å². The highest BCUT2D eigenvalue weighted by Gasteiger charge is 2.11. The summed E-state index contributed by atoms with van der Waals surface area (Å²) < 4.78 is 0. The van der Waals surface area contributed by atoms with E-state index in [9.17, 15) is 10.1 Å². The second-order valence-electron chi connectivity index (χ2n) is 2.70. The maximum absolute atomic E-state index is 10.6. The van der Waals surface area contributed by atoms with Crippen molar-refractivity contribution in [2.24, 2.45) is 0 Å². The van der Waals surface area contributed by atoms with Crippen molar-refractivity contribution in [3.05, 3.63) is 33.9 Å². The van der Waals surface area contributed by atoms with E-state index in [2.05, 4.69) is 5.32 Å². The third kappa shape index (κ3) is 1.96. The molecule has 1 rings (SSSR count). The van der Waals surface area contributed by atoms with Gasteiger partial charge in [0.2, 0.25) is 0 Å². The minimum atomic E-state index is -0.349. The molecule has 0 saturated heterocycles. The van der Waals surface area contributed by atoms with Crippen molar-refractivity contribution in [2.75, 3.05) is 12.4 Å². The summed E-state index contributed by atoms with van der Waals surface area (Å²) in [5, 5.41) is 13.5. The molecule has 4 heteroatoms. The average Bonchev–Trinajstić information content (AvgIpc) is 2.16. The number of anilines is 1. The Morgan fingerprint density at radius 3 is 2.69 bits per heavy atom. The van der Waals surface area contributed by atoms with Crippen molar-refractivity contribution >= 4 is 11.4 Å². The Kier molecular flexibility index (Phi) is 2.84. The molecule has 0 amide bonds. The standard InChI is InChI=1S/C9H12N2O2/c1-3-7-6-8(10-2)4-5-9(7)11(12)13/h4-6,10H,3H2,1-2H3. The van der Waals surface area contributed by atoms with Crippen LogP contribution in [0.5, 0.6) is 0 Å². The lowest BCUT2D eigenvalue weighted by Gasteiger charge is -2.03. The van der Waals surface area contributed by atoms with Gasteiger partial charge >= 0.3 is 0 Å². The first-order valence-corrected chi connectivity index (χ1v) is 4.14. The molecular weight excluding hydrogens is 168 g/mol. The fourth-order valence-corrected chi connectivity index (χ4v) is 1.20. The molecule has 1 aromatic rings. The van der Waals surface area contributed by atoms with Crippen LogP contribution >= 0.6 is 0 Å². The second kappa shape index (κ2) is 3.89. The maximum Gasteiger partial charge on any atom is 0.272 e. The van der Waals surface area contributed by atoms with Gasteiger partial charge in [-0.25, -0.2) is 0 Å². The molecule has 0 bridgehead atoms. The maximum atomic E-state index is 10.6. The zero-order chi connectivity index (χ0) is 9.84. The molecule has 0 heterocycles. The zero-order valence-corrected chi connectivity index (χ0v) is 7.70. The van der Waals surface area contributed by atoms with E-state index < -0.39 is 0 Å². The van der Waals surface area contributed by atoms with Crippen LogP contribution in [0.25, 0.3) is 0 Å². The van der Waals surface area contributed by atoms with E-state index in [4.69, 9.17) is 0 Å². The van der Waals surface area contributed by atoms with Gasteiger partial charge in [-0.2, -0.15) is 0 Å². The summed E-state index contributed by atoms with van der Waals surface area (Å²) in [6.45, 7) is 1.90. The van der Waals surface area contributed by atoms with E-state index in [1.807, 2.05) is 6.92 Å². The Hall–Kier alpha value is -1.58. The van der Waals surface area contributed by atoms with E-state index in [-0.39, 0.29) is 10.6 Å². The van der Waals surface area contributed by atoms with Gasteiger partial charge in [0.05, 0.1) is 4.92 Å². The highest BCUT2D eigenvalue weighted by molar-refractivity contribution is 5.53. The number of rotatable bonds is 3. The van der Waals surface area contributed by atoms with Crippen LogP contribution in [0.15, 0.2) is 18.2 Å².